The molecule has 0 bridgehead atoms. The summed E-state index contributed by atoms with van der Waals surface area (Å²) in [5.41, 5.74) is 1.59. The SMILES string of the molecule is COC(=O)CC1=CO[C@@H](O)[C@@H]2C(CO)=CC[C@H]12. The number of rotatable bonds is 3. The monoisotopic (exact) mass is 240 g/mol. The van der Waals surface area contributed by atoms with Gasteiger partial charge in [-0.25, -0.2) is 0 Å². The molecular weight excluding hydrogens is 224 g/mol. The van der Waals surface area contributed by atoms with Gasteiger partial charge in [-0.1, -0.05) is 6.08 Å². The molecule has 0 aromatic carbocycles. The van der Waals surface area contributed by atoms with E-state index in [1.807, 2.05) is 6.08 Å². The van der Waals surface area contributed by atoms with Gasteiger partial charge < -0.3 is 19.7 Å². The van der Waals surface area contributed by atoms with E-state index in [0.717, 1.165) is 11.1 Å². The Bertz CT molecular complexity index is 371. The third-order valence-corrected chi connectivity index (χ3v) is 3.40. The fraction of sp³-hybridized carbons (Fsp3) is 0.583. The van der Waals surface area contributed by atoms with Crippen LogP contribution in [0.2, 0.25) is 0 Å². The maximum absolute atomic E-state index is 11.3. The summed E-state index contributed by atoms with van der Waals surface area (Å²) in [6, 6.07) is 0. The lowest BCUT2D eigenvalue weighted by Gasteiger charge is -2.32. The van der Waals surface area contributed by atoms with Gasteiger partial charge in [0.1, 0.15) is 0 Å². The smallest absolute Gasteiger partial charge is 0.309 e. The number of aliphatic hydroxyl groups is 2. The highest BCUT2D eigenvalue weighted by atomic mass is 16.6. The van der Waals surface area contributed by atoms with E-state index in [1.165, 1.54) is 13.4 Å². The fourth-order valence-electron chi connectivity index (χ4n) is 2.49. The van der Waals surface area contributed by atoms with Crippen LogP contribution in [-0.4, -0.2) is 36.2 Å². The number of hydrogen-bond donors (Lipinski definition) is 2. The first-order chi connectivity index (χ1) is 8.17. The van der Waals surface area contributed by atoms with E-state index in [2.05, 4.69) is 4.74 Å². The van der Waals surface area contributed by atoms with Crippen molar-refractivity contribution in [1.82, 2.24) is 0 Å². The molecule has 2 aliphatic rings. The van der Waals surface area contributed by atoms with E-state index >= 15 is 0 Å². The summed E-state index contributed by atoms with van der Waals surface area (Å²) in [5, 5.41) is 18.9. The highest BCUT2D eigenvalue weighted by Crippen LogP contribution is 2.43. The number of methoxy groups -OCH3 is 1. The molecule has 5 heteroatoms. The normalized spacial score (nSPS) is 31.1. The zero-order valence-corrected chi connectivity index (χ0v) is 9.63. The summed E-state index contributed by atoms with van der Waals surface area (Å²) in [7, 11) is 1.34. The minimum absolute atomic E-state index is 0.0278. The van der Waals surface area contributed by atoms with Gasteiger partial charge in [-0.15, -0.1) is 0 Å². The van der Waals surface area contributed by atoms with Gasteiger partial charge >= 0.3 is 5.97 Å². The first-order valence-corrected chi connectivity index (χ1v) is 5.56. The molecule has 1 heterocycles. The number of ether oxygens (including phenoxy) is 2. The topological polar surface area (TPSA) is 76.0 Å². The Morgan fingerprint density at radius 3 is 3.00 bits per heavy atom. The average Bonchev–Trinajstić information content (AvgIpc) is 2.77. The Hall–Kier alpha value is -1.33. The molecule has 0 aromatic heterocycles. The largest absolute Gasteiger partial charge is 0.472 e. The summed E-state index contributed by atoms with van der Waals surface area (Å²) in [5.74, 6) is -0.544. The molecule has 1 aliphatic carbocycles. The summed E-state index contributed by atoms with van der Waals surface area (Å²) in [6.07, 6.45) is 3.28. The zero-order chi connectivity index (χ0) is 12.4. The standard InChI is InChI=1S/C12H16O5/c1-16-10(14)4-8-6-17-12(15)11-7(5-13)2-3-9(8)11/h2,6,9,11-13,15H,3-5H2,1H3/t9-,11-,12-/m1/s1. The molecule has 0 radical (unpaired) electrons. The quantitative estimate of drug-likeness (QED) is 0.549. The van der Waals surface area contributed by atoms with Gasteiger partial charge in [-0.2, -0.15) is 0 Å². The van der Waals surface area contributed by atoms with Crippen LogP contribution in [0.5, 0.6) is 0 Å². The molecule has 1 aliphatic heterocycles. The van der Waals surface area contributed by atoms with Gasteiger partial charge in [0.25, 0.3) is 0 Å². The van der Waals surface area contributed by atoms with Gasteiger partial charge in [-0.3, -0.25) is 4.79 Å². The van der Waals surface area contributed by atoms with Crippen molar-refractivity contribution in [2.75, 3.05) is 13.7 Å². The minimum atomic E-state index is -0.942. The number of fused-ring (bicyclic) bond motifs is 1. The maximum Gasteiger partial charge on any atom is 0.309 e. The second-order valence-corrected chi connectivity index (χ2v) is 4.28. The summed E-state index contributed by atoms with van der Waals surface area (Å²) < 4.78 is 9.73. The number of carbonyl (C=O) groups excluding carboxylic acids is 1. The molecule has 94 valence electrons. The van der Waals surface area contributed by atoms with Crippen LogP contribution in [0.25, 0.3) is 0 Å². The molecule has 0 spiro atoms. The maximum atomic E-state index is 11.3. The number of allylic oxidation sites excluding steroid dienone is 1. The summed E-state index contributed by atoms with van der Waals surface area (Å²) >= 11 is 0. The average molecular weight is 240 g/mol. The van der Waals surface area contributed by atoms with E-state index < -0.39 is 6.29 Å². The minimum Gasteiger partial charge on any atom is -0.472 e. The predicted molar refractivity (Wildman–Crippen MR) is 58.6 cm³/mol. The van der Waals surface area contributed by atoms with Crippen LogP contribution < -0.4 is 0 Å². The molecule has 3 atom stereocenters. The molecule has 17 heavy (non-hydrogen) atoms. The van der Waals surface area contributed by atoms with Gasteiger partial charge in [0.05, 0.1) is 32.3 Å². The fourth-order valence-corrected chi connectivity index (χ4v) is 2.49. The molecule has 0 saturated heterocycles. The number of carbonyl (C=O) groups is 1. The Balaban J connectivity index is 2.14. The number of hydrogen-bond acceptors (Lipinski definition) is 5. The van der Waals surface area contributed by atoms with Gasteiger partial charge in [0.15, 0.2) is 0 Å². The number of esters is 1. The van der Waals surface area contributed by atoms with E-state index in [1.54, 1.807) is 0 Å². The lowest BCUT2D eigenvalue weighted by molar-refractivity contribution is -0.141. The molecule has 2 rings (SSSR count). The van der Waals surface area contributed by atoms with Crippen LogP contribution >= 0.6 is 0 Å². The lowest BCUT2D eigenvalue weighted by Crippen LogP contribution is -2.33. The van der Waals surface area contributed by atoms with Crippen LogP contribution in [0.4, 0.5) is 0 Å². The van der Waals surface area contributed by atoms with Crippen molar-refractivity contribution >= 4 is 5.97 Å². The number of aliphatic hydroxyl groups excluding tert-OH is 2. The predicted octanol–water partition coefficient (Wildman–Crippen LogP) is 0.337. The van der Waals surface area contributed by atoms with Crippen LogP contribution in [-0.2, 0) is 14.3 Å². The highest BCUT2D eigenvalue weighted by molar-refractivity contribution is 5.72. The summed E-state index contributed by atoms with van der Waals surface area (Å²) in [4.78, 5) is 11.3. The van der Waals surface area contributed by atoms with Crippen LogP contribution in [0, 0.1) is 11.8 Å². The Morgan fingerprint density at radius 1 is 1.59 bits per heavy atom. The Morgan fingerprint density at radius 2 is 2.35 bits per heavy atom. The van der Waals surface area contributed by atoms with E-state index in [0.29, 0.717) is 6.42 Å². The molecular formula is C12H16O5. The second-order valence-electron chi connectivity index (χ2n) is 4.28. The zero-order valence-electron chi connectivity index (χ0n) is 9.63. The lowest BCUT2D eigenvalue weighted by atomic mass is 9.82. The molecule has 0 fully saturated rings. The van der Waals surface area contributed by atoms with E-state index in [-0.39, 0.29) is 30.8 Å². The van der Waals surface area contributed by atoms with E-state index in [9.17, 15) is 15.0 Å². The highest BCUT2D eigenvalue weighted by Gasteiger charge is 2.41. The molecule has 0 aromatic rings. The van der Waals surface area contributed by atoms with E-state index in [4.69, 9.17) is 4.74 Å². The molecule has 5 nitrogen and oxygen atoms in total. The van der Waals surface area contributed by atoms with Crippen LogP contribution in [0.1, 0.15) is 12.8 Å². The van der Waals surface area contributed by atoms with Gasteiger partial charge in [0.2, 0.25) is 6.29 Å². The van der Waals surface area contributed by atoms with Crippen molar-refractivity contribution in [2.45, 2.75) is 19.1 Å². The van der Waals surface area contributed by atoms with Gasteiger partial charge in [0, 0.05) is 0 Å². The Kier molecular flexibility index (Phi) is 3.49. The van der Waals surface area contributed by atoms with Crippen molar-refractivity contribution in [3.63, 3.8) is 0 Å². The third-order valence-electron chi connectivity index (χ3n) is 3.40. The van der Waals surface area contributed by atoms with Crippen LogP contribution in [0.3, 0.4) is 0 Å². The van der Waals surface area contributed by atoms with Crippen molar-refractivity contribution in [3.05, 3.63) is 23.5 Å². The Labute approximate surface area is 99.3 Å². The second kappa shape index (κ2) is 4.89. The molecule has 0 amide bonds. The third kappa shape index (κ3) is 2.21. The van der Waals surface area contributed by atoms with Crippen molar-refractivity contribution < 1.29 is 24.5 Å². The summed E-state index contributed by atoms with van der Waals surface area (Å²) in [6.45, 7) is -0.0902. The first-order valence-electron chi connectivity index (χ1n) is 5.56. The van der Waals surface area contributed by atoms with Gasteiger partial charge in [-0.05, 0) is 23.5 Å². The van der Waals surface area contributed by atoms with Crippen molar-refractivity contribution in [1.29, 1.82) is 0 Å². The van der Waals surface area contributed by atoms with Crippen LogP contribution in [0.15, 0.2) is 23.5 Å². The molecule has 0 unspecified atom stereocenters. The van der Waals surface area contributed by atoms with Crippen molar-refractivity contribution in [3.8, 4) is 0 Å². The molecule has 0 saturated carbocycles. The van der Waals surface area contributed by atoms with Crippen molar-refractivity contribution in [2.24, 2.45) is 11.8 Å². The first kappa shape index (κ1) is 12.1. The molecule has 2 N–H and O–H groups in total.